The van der Waals surface area contributed by atoms with Gasteiger partial charge < -0.3 is 25.1 Å². The van der Waals surface area contributed by atoms with Gasteiger partial charge >= 0.3 is 5.97 Å². The number of likely N-dealkylation sites (tertiary alicyclic amines) is 1. The summed E-state index contributed by atoms with van der Waals surface area (Å²) >= 11 is 0. The summed E-state index contributed by atoms with van der Waals surface area (Å²) in [6.45, 7) is 4.73. The van der Waals surface area contributed by atoms with E-state index >= 15 is 0 Å². The molecule has 0 saturated carbocycles. The minimum absolute atomic E-state index is 0.387. The van der Waals surface area contributed by atoms with Gasteiger partial charge in [0.15, 0.2) is 5.56 Å². The van der Waals surface area contributed by atoms with Crippen LogP contribution >= 0.6 is 0 Å². The number of likely N-dealkylation sites (N-methyl/N-ethyl adjacent to an activating group) is 1. The van der Waals surface area contributed by atoms with Crippen molar-refractivity contribution in [1.29, 1.82) is 0 Å². The number of aryl methyl sites for hydroxylation is 1. The van der Waals surface area contributed by atoms with E-state index in [-0.39, 0.29) is 0 Å². The minimum atomic E-state index is -1.44. The lowest BCUT2D eigenvalue weighted by Crippen LogP contribution is -2.56. The molecule has 0 spiro atoms. The van der Waals surface area contributed by atoms with Gasteiger partial charge in [0.25, 0.3) is 5.56 Å². The topological polar surface area (TPSA) is 111 Å². The molecule has 158 valence electrons. The Hall–Kier alpha value is -3.10. The average Bonchev–Trinajstić information content (AvgIpc) is 2.98. The van der Waals surface area contributed by atoms with Gasteiger partial charge in [-0.1, -0.05) is 13.0 Å². The van der Waals surface area contributed by atoms with Crippen molar-refractivity contribution in [2.75, 3.05) is 20.1 Å². The Bertz CT molecular complexity index is 1190. The predicted octanol–water partition coefficient (Wildman–Crippen LogP) is 1.90. The maximum Gasteiger partial charge on any atom is 0.345 e. The van der Waals surface area contributed by atoms with Gasteiger partial charge in [-0.2, -0.15) is 0 Å². The summed E-state index contributed by atoms with van der Waals surface area (Å²) in [5.74, 6) is -1.90. The van der Waals surface area contributed by atoms with Crippen LogP contribution in [-0.4, -0.2) is 56.8 Å². The zero-order valence-electron chi connectivity index (χ0n) is 17.3. The standard InChI is InChI=1S/C22H26N4O4/c1-4-16-19(24-21(28)18(20(16)27)22(29)30)12-5-6-17-13(7-12)8-15(25(17)3)11-26-9-14(10-26)23-2/h5-8,14,23H,4,9-11H2,1-3H3,(H,29,30)(H2,24,27,28). The number of hydrogen-bond donors (Lipinski definition) is 4. The van der Waals surface area contributed by atoms with Crippen molar-refractivity contribution in [2.24, 2.45) is 7.05 Å². The summed E-state index contributed by atoms with van der Waals surface area (Å²) in [5, 5.41) is 24.0. The summed E-state index contributed by atoms with van der Waals surface area (Å²) < 4.78 is 2.17. The molecular weight excluding hydrogens is 384 g/mol. The van der Waals surface area contributed by atoms with Gasteiger partial charge in [0.05, 0.1) is 5.69 Å². The van der Waals surface area contributed by atoms with E-state index in [1.807, 2.05) is 39.2 Å². The first-order chi connectivity index (χ1) is 14.3. The number of nitrogens with zero attached hydrogens (tertiary/aromatic N) is 2. The highest BCUT2D eigenvalue weighted by atomic mass is 16.4. The molecule has 0 unspecified atom stereocenters. The van der Waals surface area contributed by atoms with Crippen molar-refractivity contribution in [3.8, 4) is 17.0 Å². The van der Waals surface area contributed by atoms with Crippen molar-refractivity contribution < 1.29 is 15.0 Å². The highest BCUT2D eigenvalue weighted by molar-refractivity contribution is 5.92. The van der Waals surface area contributed by atoms with Gasteiger partial charge in [0.2, 0.25) is 0 Å². The smallest absolute Gasteiger partial charge is 0.345 e. The molecule has 1 aliphatic rings. The first-order valence-corrected chi connectivity index (χ1v) is 10.0. The lowest BCUT2D eigenvalue weighted by Gasteiger charge is -2.39. The third-order valence-electron chi connectivity index (χ3n) is 6.04. The molecule has 8 nitrogen and oxygen atoms in total. The molecule has 1 fully saturated rings. The normalized spacial score (nSPS) is 14.9. The number of nitrogens with one attached hydrogen (secondary N) is 2. The molecule has 0 aliphatic carbocycles. The second-order valence-electron chi connectivity index (χ2n) is 7.84. The van der Waals surface area contributed by atoms with Gasteiger partial charge in [0.1, 0.15) is 5.75 Å². The largest absolute Gasteiger partial charge is 0.506 e. The van der Waals surface area contributed by atoms with Crippen LogP contribution in [0.1, 0.15) is 28.5 Å². The summed E-state index contributed by atoms with van der Waals surface area (Å²) in [6.07, 6.45) is 0.387. The molecular formula is C22H26N4O4. The van der Waals surface area contributed by atoms with E-state index in [9.17, 15) is 19.8 Å². The van der Waals surface area contributed by atoms with Crippen LogP contribution in [0.25, 0.3) is 22.2 Å². The van der Waals surface area contributed by atoms with Crippen molar-refractivity contribution in [1.82, 2.24) is 19.8 Å². The number of carboxylic acids is 1. The van der Waals surface area contributed by atoms with Crippen LogP contribution in [-0.2, 0) is 20.0 Å². The minimum Gasteiger partial charge on any atom is -0.506 e. The van der Waals surface area contributed by atoms with E-state index in [0.29, 0.717) is 23.7 Å². The Morgan fingerprint density at radius 2 is 2.03 bits per heavy atom. The summed E-state index contributed by atoms with van der Waals surface area (Å²) in [6, 6.07) is 8.53. The molecule has 0 bridgehead atoms. The number of aromatic hydroxyl groups is 1. The van der Waals surface area contributed by atoms with Gasteiger partial charge in [-0.15, -0.1) is 0 Å². The zero-order valence-corrected chi connectivity index (χ0v) is 17.3. The Morgan fingerprint density at radius 3 is 2.67 bits per heavy atom. The van der Waals surface area contributed by atoms with Crippen LogP contribution < -0.4 is 10.9 Å². The van der Waals surface area contributed by atoms with E-state index in [1.165, 1.54) is 5.69 Å². The summed E-state index contributed by atoms with van der Waals surface area (Å²) in [7, 11) is 4.02. The van der Waals surface area contributed by atoms with E-state index in [0.717, 1.165) is 36.1 Å². The van der Waals surface area contributed by atoms with Gasteiger partial charge in [-0.05, 0) is 37.2 Å². The highest BCUT2D eigenvalue weighted by Gasteiger charge is 2.26. The molecule has 4 N–H and O–H groups in total. The average molecular weight is 410 g/mol. The monoisotopic (exact) mass is 410 g/mol. The van der Waals surface area contributed by atoms with Crippen molar-refractivity contribution >= 4 is 16.9 Å². The van der Waals surface area contributed by atoms with E-state index in [4.69, 9.17) is 0 Å². The molecule has 3 aromatic rings. The highest BCUT2D eigenvalue weighted by Crippen LogP contribution is 2.32. The molecule has 1 aromatic carbocycles. The molecule has 1 saturated heterocycles. The Kier molecular flexibility index (Phi) is 5.13. The Morgan fingerprint density at radius 1 is 1.30 bits per heavy atom. The van der Waals surface area contributed by atoms with Crippen LogP contribution in [0.15, 0.2) is 29.1 Å². The Balaban J connectivity index is 1.74. The number of aromatic carboxylic acids is 1. The predicted molar refractivity (Wildman–Crippen MR) is 115 cm³/mol. The molecule has 3 heterocycles. The molecule has 0 amide bonds. The van der Waals surface area contributed by atoms with Gasteiger partial charge in [-0.25, -0.2) is 4.79 Å². The van der Waals surface area contributed by atoms with Crippen LogP contribution in [0.4, 0.5) is 0 Å². The number of carboxylic acid groups (broad SMARTS) is 1. The van der Waals surface area contributed by atoms with Crippen molar-refractivity contribution in [3.63, 3.8) is 0 Å². The molecule has 2 aromatic heterocycles. The lowest BCUT2D eigenvalue weighted by molar-refractivity contribution is 0.0691. The van der Waals surface area contributed by atoms with Crippen molar-refractivity contribution in [2.45, 2.75) is 25.9 Å². The van der Waals surface area contributed by atoms with Crippen LogP contribution in [0.5, 0.6) is 5.75 Å². The molecule has 4 rings (SSSR count). The van der Waals surface area contributed by atoms with Crippen LogP contribution in [0.3, 0.4) is 0 Å². The molecule has 30 heavy (non-hydrogen) atoms. The maximum absolute atomic E-state index is 12.3. The number of pyridine rings is 1. The number of benzene rings is 1. The number of fused-ring (bicyclic) bond motifs is 1. The van der Waals surface area contributed by atoms with Crippen LogP contribution in [0.2, 0.25) is 0 Å². The fraction of sp³-hybridized carbons (Fsp3) is 0.364. The number of hydrogen-bond acceptors (Lipinski definition) is 5. The number of aromatic nitrogens is 2. The molecule has 1 aliphatic heterocycles. The first kappa shape index (κ1) is 20.2. The zero-order chi connectivity index (χ0) is 21.6. The fourth-order valence-electron chi connectivity index (χ4n) is 4.24. The molecule has 0 radical (unpaired) electrons. The second kappa shape index (κ2) is 7.62. The van der Waals surface area contributed by atoms with E-state index < -0.39 is 22.8 Å². The SMILES string of the molecule is CCc1c(-c2ccc3c(c2)cc(CN2CC(NC)C2)n3C)[nH]c(=O)c(C(=O)O)c1O. The number of aromatic amines is 1. The first-order valence-electron chi connectivity index (χ1n) is 10.0. The third kappa shape index (κ3) is 3.28. The van der Waals surface area contributed by atoms with Gasteiger partial charge in [0, 0.05) is 54.9 Å². The number of H-pyrrole nitrogens is 1. The van der Waals surface area contributed by atoms with Crippen molar-refractivity contribution in [3.05, 3.63) is 51.4 Å². The quantitative estimate of drug-likeness (QED) is 0.494. The van der Waals surface area contributed by atoms with Gasteiger partial charge in [-0.3, -0.25) is 9.69 Å². The number of rotatable bonds is 6. The molecule has 8 heteroatoms. The second-order valence-corrected chi connectivity index (χ2v) is 7.84. The van der Waals surface area contributed by atoms with E-state index in [2.05, 4.69) is 25.8 Å². The van der Waals surface area contributed by atoms with E-state index in [1.54, 1.807) is 0 Å². The number of carbonyl (C=O) groups is 1. The van der Waals surface area contributed by atoms with Crippen LogP contribution in [0, 0.1) is 0 Å². The fourth-order valence-corrected chi connectivity index (χ4v) is 4.24. The lowest BCUT2D eigenvalue weighted by atomic mass is 9.99. The Labute approximate surface area is 173 Å². The molecule has 0 atom stereocenters. The third-order valence-corrected chi connectivity index (χ3v) is 6.04. The summed E-state index contributed by atoms with van der Waals surface area (Å²) in [4.78, 5) is 28.7. The maximum atomic E-state index is 12.3. The summed E-state index contributed by atoms with van der Waals surface area (Å²) in [5.41, 5.74) is 2.46.